The first-order valence-electron chi connectivity index (χ1n) is 9.52. The number of nitrogens with zero attached hydrogens (tertiary/aromatic N) is 1. The molecule has 2 amide bonds. The van der Waals surface area contributed by atoms with Crippen LogP contribution in [-0.4, -0.2) is 37.5 Å². The third kappa shape index (κ3) is 5.13. The summed E-state index contributed by atoms with van der Waals surface area (Å²) in [5.74, 6) is -0.554. The van der Waals surface area contributed by atoms with E-state index in [1.165, 1.54) is 4.90 Å². The molecule has 0 aromatic heterocycles. The Kier molecular flexibility index (Phi) is 6.49. The lowest BCUT2D eigenvalue weighted by Crippen LogP contribution is -2.37. The lowest BCUT2D eigenvalue weighted by Gasteiger charge is -2.20. The summed E-state index contributed by atoms with van der Waals surface area (Å²) in [6.45, 7) is 3.61. The van der Waals surface area contributed by atoms with Crippen LogP contribution >= 0.6 is 0 Å². The second-order valence-electron chi connectivity index (χ2n) is 7.00. The van der Waals surface area contributed by atoms with Crippen molar-refractivity contribution in [2.24, 2.45) is 0 Å². The number of carbonyl (C=O) groups excluding carboxylic acids is 3. The number of hydrogen-bond donors (Lipinski definition) is 1. The Bertz CT molecular complexity index is 910. The summed E-state index contributed by atoms with van der Waals surface area (Å²) in [5, 5.41) is 2.77. The molecule has 1 heterocycles. The quantitative estimate of drug-likeness (QED) is 0.759. The maximum absolute atomic E-state index is 12.4. The van der Waals surface area contributed by atoms with E-state index in [-0.39, 0.29) is 31.4 Å². The maximum Gasteiger partial charge on any atom is 0.326 e. The number of hydrogen-bond acceptors (Lipinski definition) is 5. The molecule has 0 aliphatic carbocycles. The molecule has 0 unspecified atom stereocenters. The van der Waals surface area contributed by atoms with E-state index in [1.807, 2.05) is 38.1 Å². The van der Waals surface area contributed by atoms with E-state index in [2.05, 4.69) is 5.32 Å². The average molecular weight is 396 g/mol. The summed E-state index contributed by atoms with van der Waals surface area (Å²) in [7, 11) is 0. The number of amides is 2. The fourth-order valence-corrected chi connectivity index (χ4v) is 3.11. The molecule has 2 aromatic rings. The van der Waals surface area contributed by atoms with Crippen molar-refractivity contribution in [1.82, 2.24) is 0 Å². The smallest absolute Gasteiger partial charge is 0.326 e. The van der Waals surface area contributed by atoms with Crippen LogP contribution in [0, 0.1) is 0 Å². The highest BCUT2D eigenvalue weighted by atomic mass is 16.5. The van der Waals surface area contributed by atoms with Crippen molar-refractivity contribution in [2.45, 2.75) is 26.2 Å². The molecule has 0 saturated heterocycles. The average Bonchev–Trinajstić information content (AvgIpc) is 2.86. The number of anilines is 2. The highest BCUT2D eigenvalue weighted by Crippen LogP contribution is 2.30. The van der Waals surface area contributed by atoms with Gasteiger partial charge in [-0.2, -0.15) is 0 Å². The summed E-state index contributed by atoms with van der Waals surface area (Å²) in [6.07, 6.45) is 0.161. The standard InChI is InChI=1S/C22H24N2O5/c1-15(2)16-7-3-4-8-17(16)23-20(25)14-29-22(27)13-24-18-9-5-6-10-19(18)28-12-11-21(24)26/h3-10,15H,11-14H2,1-2H3,(H,23,25). The zero-order valence-corrected chi connectivity index (χ0v) is 16.5. The van der Waals surface area contributed by atoms with Crippen LogP contribution in [0.3, 0.4) is 0 Å². The lowest BCUT2D eigenvalue weighted by atomic mass is 10.0. The highest BCUT2D eigenvalue weighted by Gasteiger charge is 2.25. The normalized spacial score (nSPS) is 13.3. The Morgan fingerprint density at radius 3 is 2.66 bits per heavy atom. The number of benzene rings is 2. The Morgan fingerprint density at radius 1 is 1.14 bits per heavy atom. The maximum atomic E-state index is 12.4. The Hall–Kier alpha value is -3.35. The molecule has 0 spiro atoms. The molecule has 1 N–H and O–H groups in total. The number of rotatable bonds is 6. The van der Waals surface area contributed by atoms with Gasteiger partial charge in [0.1, 0.15) is 12.3 Å². The van der Waals surface area contributed by atoms with E-state index in [0.717, 1.165) is 5.56 Å². The lowest BCUT2D eigenvalue weighted by molar-refractivity contribution is -0.146. The summed E-state index contributed by atoms with van der Waals surface area (Å²) in [5.41, 5.74) is 2.21. The van der Waals surface area contributed by atoms with Crippen molar-refractivity contribution in [3.63, 3.8) is 0 Å². The predicted molar refractivity (Wildman–Crippen MR) is 109 cm³/mol. The summed E-state index contributed by atoms with van der Waals surface area (Å²) in [6, 6.07) is 14.5. The molecule has 2 aromatic carbocycles. The fourth-order valence-electron chi connectivity index (χ4n) is 3.11. The first-order chi connectivity index (χ1) is 14.0. The minimum Gasteiger partial charge on any atom is -0.491 e. The molecule has 0 saturated carbocycles. The van der Waals surface area contributed by atoms with Crippen LogP contribution in [0.2, 0.25) is 0 Å². The van der Waals surface area contributed by atoms with Crippen LogP contribution < -0.4 is 15.0 Å². The largest absolute Gasteiger partial charge is 0.491 e. The van der Waals surface area contributed by atoms with E-state index in [9.17, 15) is 14.4 Å². The molecule has 1 aliphatic heterocycles. The van der Waals surface area contributed by atoms with Crippen LogP contribution in [0.15, 0.2) is 48.5 Å². The number of esters is 1. The van der Waals surface area contributed by atoms with Crippen molar-refractivity contribution < 1.29 is 23.9 Å². The molecular weight excluding hydrogens is 372 g/mol. The summed E-state index contributed by atoms with van der Waals surface area (Å²) < 4.78 is 10.6. The molecule has 0 radical (unpaired) electrons. The molecule has 29 heavy (non-hydrogen) atoms. The molecule has 3 rings (SSSR count). The Morgan fingerprint density at radius 2 is 1.86 bits per heavy atom. The van der Waals surface area contributed by atoms with Crippen LogP contribution in [0.1, 0.15) is 31.7 Å². The van der Waals surface area contributed by atoms with Crippen molar-refractivity contribution in [3.8, 4) is 5.75 Å². The van der Waals surface area contributed by atoms with Gasteiger partial charge in [0.2, 0.25) is 5.91 Å². The van der Waals surface area contributed by atoms with E-state index in [0.29, 0.717) is 17.1 Å². The number of nitrogens with one attached hydrogen (secondary N) is 1. The predicted octanol–water partition coefficient (Wildman–Crippen LogP) is 3.11. The number of ether oxygens (including phenoxy) is 2. The van der Waals surface area contributed by atoms with Crippen LogP contribution in [0.4, 0.5) is 11.4 Å². The van der Waals surface area contributed by atoms with E-state index in [1.54, 1.807) is 24.3 Å². The van der Waals surface area contributed by atoms with Gasteiger partial charge in [-0.3, -0.25) is 19.3 Å². The highest BCUT2D eigenvalue weighted by molar-refractivity contribution is 6.00. The fraction of sp³-hybridized carbons (Fsp3) is 0.318. The minimum atomic E-state index is -0.664. The Balaban J connectivity index is 1.59. The second kappa shape index (κ2) is 9.23. The van der Waals surface area contributed by atoms with Crippen LogP contribution in [-0.2, 0) is 19.1 Å². The van der Waals surface area contributed by atoms with Crippen molar-refractivity contribution in [2.75, 3.05) is 30.0 Å². The van der Waals surface area contributed by atoms with Gasteiger partial charge in [-0.1, -0.05) is 44.2 Å². The second-order valence-corrected chi connectivity index (χ2v) is 7.00. The third-order valence-corrected chi connectivity index (χ3v) is 4.54. The number of carbonyl (C=O) groups is 3. The van der Waals surface area contributed by atoms with Gasteiger partial charge >= 0.3 is 5.97 Å². The molecule has 0 atom stereocenters. The summed E-state index contributed by atoms with van der Waals surface area (Å²) >= 11 is 0. The van der Waals surface area contributed by atoms with Crippen molar-refractivity contribution in [3.05, 3.63) is 54.1 Å². The molecule has 0 fully saturated rings. The van der Waals surface area contributed by atoms with Gasteiger partial charge in [0.15, 0.2) is 6.61 Å². The third-order valence-electron chi connectivity index (χ3n) is 4.54. The zero-order valence-electron chi connectivity index (χ0n) is 16.5. The zero-order chi connectivity index (χ0) is 20.8. The van der Waals surface area contributed by atoms with Gasteiger partial charge in [0, 0.05) is 5.69 Å². The molecule has 7 heteroatoms. The number of fused-ring (bicyclic) bond motifs is 1. The van der Waals surface area contributed by atoms with Gasteiger partial charge in [0.25, 0.3) is 5.91 Å². The minimum absolute atomic E-state index is 0.161. The van der Waals surface area contributed by atoms with Gasteiger partial charge in [0.05, 0.1) is 18.7 Å². The van der Waals surface area contributed by atoms with Gasteiger partial charge < -0.3 is 14.8 Å². The van der Waals surface area contributed by atoms with Gasteiger partial charge in [-0.15, -0.1) is 0 Å². The van der Waals surface area contributed by atoms with Crippen molar-refractivity contribution in [1.29, 1.82) is 0 Å². The van der Waals surface area contributed by atoms with Gasteiger partial charge in [-0.25, -0.2) is 0 Å². The van der Waals surface area contributed by atoms with E-state index in [4.69, 9.17) is 9.47 Å². The molecule has 152 valence electrons. The van der Waals surface area contributed by atoms with Crippen LogP contribution in [0.25, 0.3) is 0 Å². The SMILES string of the molecule is CC(C)c1ccccc1NC(=O)COC(=O)CN1C(=O)CCOc2ccccc21. The van der Waals surface area contributed by atoms with Crippen LogP contribution in [0.5, 0.6) is 5.75 Å². The summed E-state index contributed by atoms with van der Waals surface area (Å²) in [4.78, 5) is 38.2. The first kappa shape index (κ1) is 20.4. The Labute approximate surface area is 169 Å². The molecule has 1 aliphatic rings. The van der Waals surface area contributed by atoms with Gasteiger partial charge in [-0.05, 0) is 29.7 Å². The topological polar surface area (TPSA) is 84.9 Å². The number of para-hydroxylation sites is 3. The van der Waals surface area contributed by atoms with E-state index >= 15 is 0 Å². The van der Waals surface area contributed by atoms with E-state index < -0.39 is 18.5 Å². The molecule has 7 nitrogen and oxygen atoms in total. The monoisotopic (exact) mass is 396 g/mol. The van der Waals surface area contributed by atoms with Crippen molar-refractivity contribution >= 4 is 29.2 Å². The molecule has 0 bridgehead atoms. The first-order valence-corrected chi connectivity index (χ1v) is 9.52. The molecular formula is C22H24N2O5.